The van der Waals surface area contributed by atoms with Crippen molar-refractivity contribution in [2.75, 3.05) is 0 Å². The fourth-order valence-corrected chi connectivity index (χ4v) is 2.88. The highest BCUT2D eigenvalue weighted by Crippen LogP contribution is 2.53. The summed E-state index contributed by atoms with van der Waals surface area (Å²) >= 11 is 0. The van der Waals surface area contributed by atoms with Crippen molar-refractivity contribution in [1.29, 1.82) is 0 Å². The minimum atomic E-state index is -1.68. The van der Waals surface area contributed by atoms with E-state index in [-0.39, 0.29) is 5.92 Å². The fraction of sp³-hybridized carbons (Fsp3) is 0.917. The van der Waals surface area contributed by atoms with Gasteiger partial charge in [0.1, 0.15) is 5.60 Å². The van der Waals surface area contributed by atoms with Gasteiger partial charge in [0.2, 0.25) is 5.67 Å². The maximum Gasteiger partial charge on any atom is 0.344 e. The van der Waals surface area contributed by atoms with Gasteiger partial charge in [-0.05, 0) is 52.4 Å². The molecule has 0 aromatic rings. The van der Waals surface area contributed by atoms with Crippen molar-refractivity contribution in [2.24, 2.45) is 11.8 Å². The Bertz CT molecular complexity index is 282. The van der Waals surface area contributed by atoms with Gasteiger partial charge >= 0.3 is 5.97 Å². The van der Waals surface area contributed by atoms with Gasteiger partial charge in [-0.1, -0.05) is 0 Å². The number of halogens is 1. The number of ether oxygens (including phenoxy) is 1. The van der Waals surface area contributed by atoms with Crippen molar-refractivity contribution in [2.45, 2.75) is 57.7 Å². The normalized spacial score (nSPS) is 39.5. The summed E-state index contributed by atoms with van der Waals surface area (Å²) in [5.41, 5.74) is -2.27. The van der Waals surface area contributed by atoms with Crippen LogP contribution in [-0.2, 0) is 9.53 Å². The third-order valence-electron chi connectivity index (χ3n) is 3.51. The summed E-state index contributed by atoms with van der Waals surface area (Å²) in [5.74, 6) is -0.313. The number of fused-ring (bicyclic) bond motifs is 2. The first-order valence-corrected chi connectivity index (χ1v) is 5.73. The molecule has 0 saturated heterocycles. The maximum atomic E-state index is 14.5. The monoisotopic (exact) mass is 214 g/mol. The molecule has 0 radical (unpaired) electrons. The summed E-state index contributed by atoms with van der Waals surface area (Å²) in [6, 6.07) is 0. The van der Waals surface area contributed by atoms with Crippen LogP contribution in [0, 0.1) is 11.8 Å². The molecule has 2 saturated carbocycles. The standard InChI is InChI=1S/C12H19FO2/c1-11(2,3)15-10(14)12(13)7-8-4-5-9(12)6-8/h8-9H,4-7H2,1-3H3. The smallest absolute Gasteiger partial charge is 0.344 e. The first-order valence-electron chi connectivity index (χ1n) is 5.73. The second-order valence-corrected chi connectivity index (χ2v) is 5.94. The van der Waals surface area contributed by atoms with Crippen LogP contribution in [-0.4, -0.2) is 17.2 Å². The summed E-state index contributed by atoms with van der Waals surface area (Å²) in [6.07, 6.45) is 3.18. The van der Waals surface area contributed by atoms with Gasteiger partial charge in [0, 0.05) is 5.92 Å². The minimum absolute atomic E-state index is 0.0858. The van der Waals surface area contributed by atoms with Gasteiger partial charge < -0.3 is 4.74 Å². The van der Waals surface area contributed by atoms with Crippen LogP contribution in [0.1, 0.15) is 46.5 Å². The molecule has 15 heavy (non-hydrogen) atoms. The number of rotatable bonds is 1. The Morgan fingerprint density at radius 3 is 2.47 bits per heavy atom. The lowest BCUT2D eigenvalue weighted by Crippen LogP contribution is -2.43. The molecule has 86 valence electrons. The predicted octanol–water partition coefficient (Wildman–Crippen LogP) is 2.86. The largest absolute Gasteiger partial charge is 0.458 e. The number of carbonyl (C=O) groups excluding carboxylic acids is 1. The molecule has 2 aliphatic rings. The predicted molar refractivity (Wildman–Crippen MR) is 55.1 cm³/mol. The summed E-state index contributed by atoms with van der Waals surface area (Å²) in [6.45, 7) is 5.34. The highest BCUT2D eigenvalue weighted by atomic mass is 19.1. The van der Waals surface area contributed by atoms with Crippen LogP contribution in [0.15, 0.2) is 0 Å². The first-order chi connectivity index (χ1) is 6.81. The van der Waals surface area contributed by atoms with Crippen molar-refractivity contribution in [3.63, 3.8) is 0 Å². The minimum Gasteiger partial charge on any atom is -0.458 e. The number of alkyl halides is 1. The first kappa shape index (κ1) is 10.9. The molecule has 2 fully saturated rings. The molecular weight excluding hydrogens is 195 g/mol. The van der Waals surface area contributed by atoms with E-state index >= 15 is 0 Å². The topological polar surface area (TPSA) is 26.3 Å². The molecule has 0 aromatic carbocycles. The molecular formula is C12H19FO2. The summed E-state index contributed by atoms with van der Waals surface area (Å²) < 4.78 is 19.6. The van der Waals surface area contributed by atoms with Gasteiger partial charge in [-0.2, -0.15) is 0 Å². The van der Waals surface area contributed by atoms with Crippen molar-refractivity contribution in [3.05, 3.63) is 0 Å². The van der Waals surface area contributed by atoms with E-state index in [4.69, 9.17) is 4.74 Å². The SMILES string of the molecule is CC(C)(C)OC(=O)C1(F)CC2CCC1C2. The van der Waals surface area contributed by atoms with Crippen LogP contribution in [0.25, 0.3) is 0 Å². The lowest BCUT2D eigenvalue weighted by atomic mass is 9.86. The lowest BCUT2D eigenvalue weighted by Gasteiger charge is -2.31. The van der Waals surface area contributed by atoms with Gasteiger partial charge in [0.15, 0.2) is 0 Å². The Labute approximate surface area is 90.2 Å². The summed E-state index contributed by atoms with van der Waals surface area (Å²) in [4.78, 5) is 11.8. The second-order valence-electron chi connectivity index (χ2n) is 5.94. The van der Waals surface area contributed by atoms with E-state index in [1.165, 1.54) is 0 Å². The quantitative estimate of drug-likeness (QED) is 0.627. The third kappa shape index (κ3) is 1.88. The van der Waals surface area contributed by atoms with E-state index in [1.807, 2.05) is 0 Å². The molecule has 2 bridgehead atoms. The molecule has 0 heterocycles. The van der Waals surface area contributed by atoms with Crippen LogP contribution in [0.3, 0.4) is 0 Å². The average molecular weight is 214 g/mol. The number of carbonyl (C=O) groups is 1. The Balaban J connectivity index is 2.07. The Morgan fingerprint density at radius 2 is 2.07 bits per heavy atom. The highest BCUT2D eigenvalue weighted by molar-refractivity contribution is 5.81. The zero-order chi connectivity index (χ0) is 11.3. The fourth-order valence-electron chi connectivity index (χ4n) is 2.88. The Hall–Kier alpha value is -0.600. The Morgan fingerprint density at radius 1 is 1.40 bits per heavy atom. The van der Waals surface area contributed by atoms with E-state index in [0.717, 1.165) is 19.3 Å². The van der Waals surface area contributed by atoms with Gasteiger partial charge in [-0.15, -0.1) is 0 Å². The Kier molecular flexibility index (Phi) is 2.32. The van der Waals surface area contributed by atoms with E-state index in [9.17, 15) is 9.18 Å². The zero-order valence-corrected chi connectivity index (χ0v) is 9.68. The summed E-state index contributed by atoms with van der Waals surface area (Å²) in [7, 11) is 0. The van der Waals surface area contributed by atoms with Crippen LogP contribution >= 0.6 is 0 Å². The maximum absolute atomic E-state index is 14.5. The zero-order valence-electron chi connectivity index (χ0n) is 9.68. The molecule has 0 aliphatic heterocycles. The highest BCUT2D eigenvalue weighted by Gasteiger charge is 2.58. The van der Waals surface area contributed by atoms with E-state index in [0.29, 0.717) is 12.3 Å². The molecule has 0 spiro atoms. The lowest BCUT2D eigenvalue weighted by molar-refractivity contribution is -0.173. The van der Waals surface area contributed by atoms with Crippen LogP contribution < -0.4 is 0 Å². The molecule has 2 aliphatic carbocycles. The molecule has 0 amide bonds. The van der Waals surface area contributed by atoms with Gasteiger partial charge in [-0.25, -0.2) is 9.18 Å². The molecule has 0 aromatic heterocycles. The van der Waals surface area contributed by atoms with E-state index in [2.05, 4.69) is 0 Å². The van der Waals surface area contributed by atoms with Gasteiger partial charge in [0.25, 0.3) is 0 Å². The van der Waals surface area contributed by atoms with E-state index < -0.39 is 17.2 Å². The average Bonchev–Trinajstić information content (AvgIpc) is 2.60. The number of esters is 1. The van der Waals surface area contributed by atoms with Gasteiger partial charge in [-0.3, -0.25) is 0 Å². The van der Waals surface area contributed by atoms with Crippen LogP contribution in [0.2, 0.25) is 0 Å². The molecule has 2 rings (SSSR count). The summed E-state index contributed by atoms with van der Waals surface area (Å²) in [5, 5.41) is 0. The number of hydrogen-bond acceptors (Lipinski definition) is 2. The molecule has 3 atom stereocenters. The molecule has 0 N–H and O–H groups in total. The van der Waals surface area contributed by atoms with E-state index in [1.54, 1.807) is 20.8 Å². The molecule has 3 heteroatoms. The van der Waals surface area contributed by atoms with Crippen molar-refractivity contribution in [1.82, 2.24) is 0 Å². The molecule has 2 nitrogen and oxygen atoms in total. The third-order valence-corrected chi connectivity index (χ3v) is 3.51. The van der Waals surface area contributed by atoms with Crippen LogP contribution in [0.5, 0.6) is 0 Å². The molecule has 3 unspecified atom stereocenters. The van der Waals surface area contributed by atoms with Crippen molar-refractivity contribution >= 4 is 5.97 Å². The van der Waals surface area contributed by atoms with Crippen molar-refractivity contribution < 1.29 is 13.9 Å². The number of hydrogen-bond donors (Lipinski definition) is 0. The van der Waals surface area contributed by atoms with Crippen LogP contribution in [0.4, 0.5) is 4.39 Å². The van der Waals surface area contributed by atoms with Gasteiger partial charge in [0.05, 0.1) is 0 Å². The second kappa shape index (κ2) is 3.19. The van der Waals surface area contributed by atoms with Crippen molar-refractivity contribution in [3.8, 4) is 0 Å².